The van der Waals surface area contributed by atoms with Gasteiger partial charge in [-0.3, -0.25) is 4.79 Å². The van der Waals surface area contributed by atoms with Gasteiger partial charge in [-0.25, -0.2) is 0 Å². The molecular weight excluding hydrogens is 414 g/mol. The molecule has 1 amide bonds. The van der Waals surface area contributed by atoms with Gasteiger partial charge in [0.15, 0.2) is 5.75 Å². The number of aliphatic hydroxyl groups is 3. The largest absolute Gasteiger partial charge is 0.458 e. The summed E-state index contributed by atoms with van der Waals surface area (Å²) in [6.07, 6.45) is -5.13. The monoisotopic (exact) mass is 440 g/mol. The topological polar surface area (TPSA) is 141 Å². The lowest BCUT2D eigenvalue weighted by Gasteiger charge is -2.41. The molecule has 11 heteroatoms. The van der Waals surface area contributed by atoms with Gasteiger partial charge in [0.1, 0.15) is 29.9 Å². The number of hydrogen-bond donors (Lipinski definition) is 4. The number of benzene rings is 1. The average Bonchev–Trinajstić information content (AvgIpc) is 3.11. The number of aliphatic hydroxyl groups excluding tert-OH is 3. The highest BCUT2D eigenvalue weighted by Gasteiger charge is 2.46. The van der Waals surface area contributed by atoms with E-state index in [4.69, 9.17) is 9.47 Å². The Kier molecular flexibility index (Phi) is 6.39. The van der Waals surface area contributed by atoms with Crippen LogP contribution >= 0.6 is 11.3 Å². The summed E-state index contributed by atoms with van der Waals surface area (Å²) in [5, 5.41) is 32.8. The standard InChI is InChI=1S/C19H25N3O7S/c1-9(24)20-14-16(26)15(25)11(8-23)29-17(14)28-10-6-5-7-12-13(10)21-18(30-12)22(27)19(2,3)4/h5-7,11,14-17,23,25-26H,8H2,1-4H3/p+1. The van der Waals surface area contributed by atoms with Crippen molar-refractivity contribution in [2.24, 2.45) is 0 Å². The van der Waals surface area contributed by atoms with Crippen molar-refractivity contribution in [2.75, 3.05) is 6.61 Å². The Labute approximate surface area is 177 Å². The zero-order valence-electron chi connectivity index (χ0n) is 17.1. The first-order chi connectivity index (χ1) is 14.0. The van der Waals surface area contributed by atoms with Gasteiger partial charge in [0, 0.05) is 6.92 Å². The number of nitroso groups, excluding NO2 is 1. The molecule has 1 aromatic heterocycles. The molecule has 2 heterocycles. The maximum Gasteiger partial charge on any atom is 0.422 e. The van der Waals surface area contributed by atoms with Crippen molar-refractivity contribution in [3.05, 3.63) is 23.1 Å². The van der Waals surface area contributed by atoms with Crippen LogP contribution in [0.3, 0.4) is 0 Å². The zero-order valence-corrected chi connectivity index (χ0v) is 17.9. The Balaban J connectivity index is 1.95. The third-order valence-electron chi connectivity index (χ3n) is 4.65. The first-order valence-electron chi connectivity index (χ1n) is 9.46. The first-order valence-corrected chi connectivity index (χ1v) is 10.3. The Morgan fingerprint density at radius 2 is 2.03 bits per heavy atom. The summed E-state index contributed by atoms with van der Waals surface area (Å²) in [4.78, 5) is 28.5. The van der Waals surface area contributed by atoms with E-state index in [1.54, 1.807) is 39.0 Å². The fourth-order valence-corrected chi connectivity index (χ4v) is 4.16. The van der Waals surface area contributed by atoms with Gasteiger partial charge in [-0.15, -0.1) is 0 Å². The molecule has 164 valence electrons. The molecule has 0 radical (unpaired) electrons. The van der Waals surface area contributed by atoms with Crippen LogP contribution in [0.1, 0.15) is 27.7 Å². The fraction of sp³-hybridized carbons (Fsp3) is 0.579. The summed E-state index contributed by atoms with van der Waals surface area (Å²) in [6.45, 7) is 6.04. The minimum absolute atomic E-state index is 0.264. The van der Waals surface area contributed by atoms with E-state index in [1.807, 2.05) is 0 Å². The van der Waals surface area contributed by atoms with Crippen LogP contribution in [0.4, 0.5) is 5.13 Å². The van der Waals surface area contributed by atoms with E-state index in [0.717, 1.165) is 4.76 Å². The number of hydrogen-bond acceptors (Lipinski definition) is 9. The molecule has 0 bridgehead atoms. The third kappa shape index (κ3) is 4.44. The molecule has 1 aliphatic heterocycles. The Morgan fingerprint density at radius 3 is 2.63 bits per heavy atom. The van der Waals surface area contributed by atoms with Crippen LogP contribution in [0.15, 0.2) is 18.2 Å². The average molecular weight is 440 g/mol. The molecule has 4 N–H and O–H groups in total. The van der Waals surface area contributed by atoms with Gasteiger partial charge in [0.05, 0.1) is 11.3 Å². The molecule has 5 unspecified atom stereocenters. The highest BCUT2D eigenvalue weighted by Crippen LogP contribution is 2.36. The SMILES string of the molecule is CC(=O)NC1C(Oc2cccc3sc([N+](=O)C(C)(C)C)nc23)OC(CO)C(O)C1O. The Hall–Kier alpha value is -2.18. The van der Waals surface area contributed by atoms with Crippen molar-refractivity contribution in [1.29, 1.82) is 0 Å². The molecule has 0 spiro atoms. The van der Waals surface area contributed by atoms with Gasteiger partial charge >= 0.3 is 5.13 Å². The van der Waals surface area contributed by atoms with Crippen molar-refractivity contribution < 1.29 is 34.3 Å². The minimum atomic E-state index is -1.42. The summed E-state index contributed by atoms with van der Waals surface area (Å²) >= 11 is 1.21. The zero-order chi connectivity index (χ0) is 22.2. The normalized spacial score (nSPS) is 27.1. The Bertz CT molecular complexity index is 942. The van der Waals surface area contributed by atoms with Crippen LogP contribution in [0, 0.1) is 4.91 Å². The van der Waals surface area contributed by atoms with Gasteiger partial charge in [-0.1, -0.05) is 11.0 Å². The van der Waals surface area contributed by atoms with Crippen molar-refractivity contribution in [2.45, 2.75) is 63.9 Å². The van der Waals surface area contributed by atoms with Gasteiger partial charge in [0.2, 0.25) is 17.7 Å². The smallest absolute Gasteiger partial charge is 0.422 e. The van der Waals surface area contributed by atoms with Crippen LogP contribution < -0.4 is 10.1 Å². The number of thiazole rings is 1. The molecule has 10 nitrogen and oxygen atoms in total. The number of nitrogens with one attached hydrogen (secondary N) is 1. The van der Waals surface area contributed by atoms with E-state index in [9.17, 15) is 25.0 Å². The highest BCUT2D eigenvalue weighted by molar-refractivity contribution is 7.21. The molecule has 1 aliphatic rings. The molecule has 1 saturated heterocycles. The molecule has 2 aromatic rings. The number of carbonyl (C=O) groups excluding carboxylic acids is 1. The number of carbonyl (C=O) groups is 1. The molecule has 5 atom stereocenters. The van der Waals surface area contributed by atoms with Crippen LogP contribution in [0.25, 0.3) is 10.2 Å². The maximum absolute atomic E-state index is 12.5. The lowest BCUT2D eigenvalue weighted by atomic mass is 9.97. The number of rotatable bonds is 5. The number of ether oxygens (including phenoxy) is 2. The first kappa shape index (κ1) is 22.5. The number of amides is 1. The van der Waals surface area contributed by atoms with Crippen LogP contribution in [0.5, 0.6) is 5.75 Å². The van der Waals surface area contributed by atoms with E-state index in [0.29, 0.717) is 10.2 Å². The number of nitrogens with zero attached hydrogens (tertiary/aromatic N) is 2. The maximum atomic E-state index is 12.5. The Morgan fingerprint density at radius 1 is 1.33 bits per heavy atom. The van der Waals surface area contributed by atoms with E-state index in [1.165, 1.54) is 18.3 Å². The van der Waals surface area contributed by atoms with Crippen molar-refractivity contribution in [3.63, 3.8) is 0 Å². The predicted octanol–water partition coefficient (Wildman–Crippen LogP) is 0.828. The third-order valence-corrected chi connectivity index (χ3v) is 5.64. The number of fused-ring (bicyclic) bond motifs is 1. The molecule has 0 aliphatic carbocycles. The second-order valence-corrected chi connectivity index (χ2v) is 9.12. The van der Waals surface area contributed by atoms with Gasteiger partial charge in [-0.2, -0.15) is 0 Å². The summed E-state index contributed by atoms with van der Waals surface area (Å²) in [5.74, 6) is -0.176. The lowest BCUT2D eigenvalue weighted by molar-refractivity contribution is -0.539. The molecule has 3 rings (SSSR count). The molecule has 30 heavy (non-hydrogen) atoms. The van der Waals surface area contributed by atoms with Gasteiger partial charge in [-0.05, 0) is 54.0 Å². The van der Waals surface area contributed by atoms with Crippen LogP contribution in [0.2, 0.25) is 0 Å². The molecular formula is C19H26N3O7S+. The highest BCUT2D eigenvalue weighted by atomic mass is 32.1. The molecule has 0 saturated carbocycles. The number of aromatic nitrogens is 1. The number of para-hydroxylation sites is 1. The second-order valence-electron chi connectivity index (χ2n) is 8.12. The summed E-state index contributed by atoms with van der Waals surface area (Å²) in [5.41, 5.74) is -0.249. The van der Waals surface area contributed by atoms with Crippen LogP contribution in [-0.2, 0) is 9.53 Å². The molecule has 1 fully saturated rings. The quantitative estimate of drug-likeness (QED) is 0.501. The predicted molar refractivity (Wildman–Crippen MR) is 109 cm³/mol. The summed E-state index contributed by atoms with van der Waals surface area (Å²) in [6, 6.07) is 4.05. The van der Waals surface area contributed by atoms with Gasteiger partial charge in [0.25, 0.3) is 0 Å². The van der Waals surface area contributed by atoms with E-state index < -0.39 is 48.7 Å². The molecule has 1 aromatic carbocycles. The van der Waals surface area contributed by atoms with E-state index in [2.05, 4.69) is 10.3 Å². The van der Waals surface area contributed by atoms with E-state index in [-0.39, 0.29) is 10.9 Å². The lowest BCUT2D eigenvalue weighted by Crippen LogP contribution is -2.65. The van der Waals surface area contributed by atoms with E-state index >= 15 is 0 Å². The van der Waals surface area contributed by atoms with Crippen molar-refractivity contribution in [3.8, 4) is 5.75 Å². The summed E-state index contributed by atoms with van der Waals surface area (Å²) in [7, 11) is 0. The fourth-order valence-electron chi connectivity index (χ4n) is 3.08. The van der Waals surface area contributed by atoms with Crippen molar-refractivity contribution in [1.82, 2.24) is 10.3 Å². The van der Waals surface area contributed by atoms with Crippen molar-refractivity contribution >= 4 is 32.6 Å². The second kappa shape index (κ2) is 8.52. The van der Waals surface area contributed by atoms with Gasteiger partial charge < -0.3 is 30.1 Å². The minimum Gasteiger partial charge on any atom is -0.458 e. The summed E-state index contributed by atoms with van der Waals surface area (Å²) < 4.78 is 13.0. The van der Waals surface area contributed by atoms with Crippen LogP contribution in [-0.4, -0.2) is 73.8 Å².